The third-order valence-electron chi connectivity index (χ3n) is 5.92. The Labute approximate surface area is 227 Å². The molecule has 4 rings (SSSR count). The van der Waals surface area contributed by atoms with Crippen molar-refractivity contribution >= 4 is 68.5 Å². The van der Waals surface area contributed by atoms with E-state index in [0.717, 1.165) is 37.0 Å². The highest BCUT2D eigenvalue weighted by atomic mass is 127. The number of likely N-dealkylation sites (N-methyl/N-ethyl adjacent to an activating group) is 1. The number of pyridine rings is 1. The number of carbonyl (C=O) groups excluding carboxylic acids is 1. The molecule has 1 saturated heterocycles. The van der Waals surface area contributed by atoms with Crippen LogP contribution in [0.5, 0.6) is 5.75 Å². The van der Waals surface area contributed by atoms with Gasteiger partial charge in [0.25, 0.3) is 11.5 Å². The molecule has 1 aromatic carbocycles. The Morgan fingerprint density at radius 3 is 2.78 bits per heavy atom. The number of halogens is 2. The molecule has 3 aromatic rings. The first-order valence-electron chi connectivity index (χ1n) is 11.6. The van der Waals surface area contributed by atoms with E-state index in [1.807, 2.05) is 18.2 Å². The lowest BCUT2D eigenvalue weighted by molar-refractivity contribution is -0.122. The normalized spacial score (nSPS) is 14.2. The number of hydrogen-bond donors (Lipinski definition) is 2. The molecule has 0 spiro atoms. The van der Waals surface area contributed by atoms with Gasteiger partial charge >= 0.3 is 0 Å². The number of aromatic nitrogens is 3. The van der Waals surface area contributed by atoms with Crippen LogP contribution in [0.25, 0.3) is 10.9 Å². The Morgan fingerprint density at radius 1 is 1.28 bits per heavy atom. The van der Waals surface area contributed by atoms with E-state index < -0.39 is 0 Å². The Hall–Kier alpha value is -2.64. The van der Waals surface area contributed by atoms with E-state index in [2.05, 4.69) is 48.1 Å². The van der Waals surface area contributed by atoms with Gasteiger partial charge in [0.05, 0.1) is 18.3 Å². The fourth-order valence-corrected chi connectivity index (χ4v) is 4.64. The number of anilines is 3. The first kappa shape index (κ1) is 26.4. The van der Waals surface area contributed by atoms with Crippen LogP contribution >= 0.6 is 34.2 Å². The molecule has 36 heavy (non-hydrogen) atoms. The van der Waals surface area contributed by atoms with Gasteiger partial charge in [-0.15, -0.1) is 0 Å². The number of alkyl halides is 1. The van der Waals surface area contributed by atoms with E-state index >= 15 is 0 Å². The molecule has 0 unspecified atom stereocenters. The summed E-state index contributed by atoms with van der Waals surface area (Å²) in [5, 5.41) is 6.91. The van der Waals surface area contributed by atoms with E-state index in [9.17, 15) is 9.59 Å². The summed E-state index contributed by atoms with van der Waals surface area (Å²) in [4.78, 5) is 35.9. The summed E-state index contributed by atoms with van der Waals surface area (Å²) in [5.41, 5.74) is 1.11. The molecular weight excluding hydrogens is 599 g/mol. The van der Waals surface area contributed by atoms with Crippen LogP contribution < -0.4 is 25.8 Å². The van der Waals surface area contributed by atoms with Gasteiger partial charge in [-0.25, -0.2) is 4.98 Å². The van der Waals surface area contributed by atoms with Gasteiger partial charge in [-0.1, -0.05) is 34.2 Å². The summed E-state index contributed by atoms with van der Waals surface area (Å²) >= 11 is 8.90. The predicted molar refractivity (Wildman–Crippen MR) is 149 cm³/mol. The van der Waals surface area contributed by atoms with Gasteiger partial charge in [0.2, 0.25) is 5.95 Å². The fraction of sp³-hybridized carbons (Fsp3) is 0.417. The minimum absolute atomic E-state index is 0.0837. The third-order valence-corrected chi connectivity index (χ3v) is 7.44. The summed E-state index contributed by atoms with van der Waals surface area (Å²) in [5.74, 6) is 0.899. The first-order valence-corrected chi connectivity index (χ1v) is 13.2. The smallest absolute Gasteiger partial charge is 0.293 e. The van der Waals surface area contributed by atoms with Gasteiger partial charge in [-0.2, -0.15) is 4.98 Å². The van der Waals surface area contributed by atoms with E-state index in [4.69, 9.17) is 21.1 Å². The molecule has 1 aliphatic rings. The summed E-state index contributed by atoms with van der Waals surface area (Å²) in [6.07, 6.45) is 3.79. The highest BCUT2D eigenvalue weighted by Gasteiger charge is 2.20. The van der Waals surface area contributed by atoms with Crippen LogP contribution in [0.15, 0.2) is 35.3 Å². The Morgan fingerprint density at radius 2 is 2.06 bits per heavy atom. The number of piperidine rings is 1. The zero-order valence-corrected chi connectivity index (χ0v) is 23.0. The number of benzene rings is 1. The van der Waals surface area contributed by atoms with Crippen molar-refractivity contribution in [3.63, 3.8) is 0 Å². The standard InChI is InChI=1S/C24H28ClIN6O4/c1-27-21(33)14-36-20-12-15-11-17(3-4-19(15)32(23(20)34)9-10-35-2)29-22-18(25)13-28-24(30-22)31-7-5-16(26)6-8-31/h3-4,11-13,16H,5-10,14H2,1-2H3,(H,27,33)(H,28,29,30). The Balaban J connectivity index is 1.65. The van der Waals surface area contributed by atoms with Crippen LogP contribution in [-0.4, -0.2) is 64.8 Å². The number of nitrogens with one attached hydrogen (secondary N) is 2. The second kappa shape index (κ2) is 12.1. The third kappa shape index (κ3) is 6.19. The molecule has 0 radical (unpaired) electrons. The van der Waals surface area contributed by atoms with Crippen molar-refractivity contribution in [3.05, 3.63) is 45.8 Å². The summed E-state index contributed by atoms with van der Waals surface area (Å²) in [6.45, 7) is 2.24. The van der Waals surface area contributed by atoms with Crippen LogP contribution in [0, 0.1) is 0 Å². The van der Waals surface area contributed by atoms with Gasteiger partial charge in [-0.3, -0.25) is 9.59 Å². The first-order chi connectivity index (χ1) is 17.4. The molecule has 2 aromatic heterocycles. The van der Waals surface area contributed by atoms with Crippen molar-refractivity contribution in [2.45, 2.75) is 23.3 Å². The second-order valence-corrected chi connectivity index (χ2v) is 10.5. The second-order valence-electron chi connectivity index (χ2n) is 8.35. The van der Waals surface area contributed by atoms with E-state index in [-0.39, 0.29) is 23.8 Å². The SMILES string of the molecule is CNC(=O)COc1cc2cc(Nc3nc(N4CCC(I)CC4)ncc3Cl)ccc2n(CCOC)c1=O. The molecule has 0 saturated carbocycles. The van der Waals surface area contributed by atoms with E-state index in [1.165, 1.54) is 7.05 Å². The quantitative estimate of drug-likeness (QED) is 0.275. The molecule has 3 heterocycles. The molecule has 12 heteroatoms. The number of methoxy groups -OCH3 is 1. The van der Waals surface area contributed by atoms with E-state index in [0.29, 0.717) is 39.4 Å². The molecule has 2 N–H and O–H groups in total. The average Bonchev–Trinajstić information content (AvgIpc) is 2.88. The maximum Gasteiger partial charge on any atom is 0.293 e. The number of carbonyl (C=O) groups is 1. The number of nitrogens with zero attached hydrogens (tertiary/aromatic N) is 4. The molecule has 1 amide bonds. The highest BCUT2D eigenvalue weighted by Crippen LogP contribution is 2.29. The molecule has 0 aliphatic carbocycles. The average molecular weight is 627 g/mol. The monoisotopic (exact) mass is 626 g/mol. The number of amides is 1. The minimum atomic E-state index is -0.331. The number of rotatable bonds is 9. The maximum absolute atomic E-state index is 13.0. The van der Waals surface area contributed by atoms with Gasteiger partial charge < -0.3 is 29.6 Å². The zero-order chi connectivity index (χ0) is 25.7. The van der Waals surface area contributed by atoms with Crippen molar-refractivity contribution < 1.29 is 14.3 Å². The van der Waals surface area contributed by atoms with E-state index in [1.54, 1.807) is 23.9 Å². The fourth-order valence-electron chi connectivity index (χ4n) is 3.95. The number of fused-ring (bicyclic) bond motifs is 1. The van der Waals surface area contributed by atoms with Crippen LogP contribution in [0.2, 0.25) is 5.02 Å². The lowest BCUT2D eigenvalue weighted by atomic mass is 10.1. The predicted octanol–water partition coefficient (Wildman–Crippen LogP) is 3.36. The summed E-state index contributed by atoms with van der Waals surface area (Å²) in [6, 6.07) is 7.22. The highest BCUT2D eigenvalue weighted by molar-refractivity contribution is 14.1. The molecule has 0 atom stereocenters. The molecule has 10 nitrogen and oxygen atoms in total. The number of ether oxygens (including phenoxy) is 2. The molecule has 1 fully saturated rings. The Bertz CT molecular complexity index is 1300. The Kier molecular flexibility index (Phi) is 8.86. The summed E-state index contributed by atoms with van der Waals surface area (Å²) < 4.78 is 13.0. The van der Waals surface area contributed by atoms with Gasteiger partial charge in [0.1, 0.15) is 5.02 Å². The summed E-state index contributed by atoms with van der Waals surface area (Å²) in [7, 11) is 3.08. The van der Waals surface area contributed by atoms with Crippen molar-refractivity contribution in [3.8, 4) is 5.75 Å². The van der Waals surface area contributed by atoms with Crippen LogP contribution in [0.1, 0.15) is 12.8 Å². The maximum atomic E-state index is 13.0. The van der Waals surface area contributed by atoms with Crippen molar-refractivity contribution in [2.24, 2.45) is 0 Å². The molecule has 1 aliphatic heterocycles. The van der Waals surface area contributed by atoms with Crippen LogP contribution in [0.4, 0.5) is 17.5 Å². The van der Waals surface area contributed by atoms with Crippen LogP contribution in [-0.2, 0) is 16.1 Å². The lowest BCUT2D eigenvalue weighted by Crippen LogP contribution is -2.35. The topological polar surface area (TPSA) is 111 Å². The van der Waals surface area contributed by atoms with Crippen molar-refractivity contribution in [1.29, 1.82) is 0 Å². The number of hydrogen-bond acceptors (Lipinski definition) is 8. The van der Waals surface area contributed by atoms with Crippen molar-refractivity contribution in [2.75, 3.05) is 50.7 Å². The molecular formula is C24H28ClIN6O4. The lowest BCUT2D eigenvalue weighted by Gasteiger charge is -2.29. The largest absolute Gasteiger partial charge is 0.478 e. The zero-order valence-electron chi connectivity index (χ0n) is 20.1. The molecule has 192 valence electrons. The van der Waals surface area contributed by atoms with Gasteiger partial charge in [-0.05, 0) is 37.1 Å². The van der Waals surface area contributed by atoms with Crippen molar-refractivity contribution in [1.82, 2.24) is 19.9 Å². The van der Waals surface area contributed by atoms with Gasteiger partial charge in [0.15, 0.2) is 18.2 Å². The van der Waals surface area contributed by atoms with Gasteiger partial charge in [0, 0.05) is 48.8 Å². The minimum Gasteiger partial charge on any atom is -0.478 e. The molecule has 0 bridgehead atoms. The van der Waals surface area contributed by atoms with Crippen LogP contribution in [0.3, 0.4) is 0 Å².